The third-order valence-electron chi connectivity index (χ3n) is 5.65. The zero-order valence-corrected chi connectivity index (χ0v) is 17.4. The van der Waals surface area contributed by atoms with Crippen LogP contribution in [0.2, 0.25) is 0 Å². The molecule has 2 fully saturated rings. The maximum absolute atomic E-state index is 12.2. The summed E-state index contributed by atoms with van der Waals surface area (Å²) in [6.45, 7) is 6.36. The van der Waals surface area contributed by atoms with Gasteiger partial charge in [0, 0.05) is 37.4 Å². The number of nitrogens with one attached hydrogen (secondary N) is 1. The lowest BCUT2D eigenvalue weighted by molar-refractivity contribution is -0.138. The van der Waals surface area contributed by atoms with Gasteiger partial charge in [0.2, 0.25) is 11.8 Å². The van der Waals surface area contributed by atoms with Crippen molar-refractivity contribution in [2.24, 2.45) is 5.92 Å². The molecule has 1 aromatic rings. The van der Waals surface area contributed by atoms with Crippen molar-refractivity contribution in [2.75, 3.05) is 19.6 Å². The van der Waals surface area contributed by atoms with Crippen molar-refractivity contribution in [3.8, 4) is 0 Å². The Morgan fingerprint density at radius 1 is 1.33 bits per heavy atom. The van der Waals surface area contributed by atoms with Crippen LogP contribution >= 0.6 is 11.3 Å². The SMILES string of the molecule is CC(C)CC(=O)N1CCC2(CCC(CNC(=O)CCc3cccs3)O2)CC1. The Labute approximate surface area is 166 Å². The molecule has 2 saturated heterocycles. The first-order chi connectivity index (χ1) is 13.0. The Morgan fingerprint density at radius 2 is 2.11 bits per heavy atom. The molecule has 0 aromatic carbocycles. The average Bonchev–Trinajstić information content (AvgIpc) is 3.28. The first kappa shape index (κ1) is 20.3. The quantitative estimate of drug-likeness (QED) is 0.774. The third kappa shape index (κ3) is 5.79. The third-order valence-corrected chi connectivity index (χ3v) is 6.59. The van der Waals surface area contributed by atoms with E-state index in [1.165, 1.54) is 4.88 Å². The van der Waals surface area contributed by atoms with Gasteiger partial charge < -0.3 is 15.0 Å². The summed E-state index contributed by atoms with van der Waals surface area (Å²) in [5, 5.41) is 5.08. The number of hydrogen-bond acceptors (Lipinski definition) is 4. The summed E-state index contributed by atoms with van der Waals surface area (Å²) in [4.78, 5) is 27.5. The predicted molar refractivity (Wildman–Crippen MR) is 108 cm³/mol. The highest BCUT2D eigenvalue weighted by Gasteiger charge is 2.43. The number of aryl methyl sites for hydroxylation is 1. The monoisotopic (exact) mass is 392 g/mol. The molecule has 1 N–H and O–H groups in total. The van der Waals surface area contributed by atoms with E-state index in [1.54, 1.807) is 11.3 Å². The molecule has 2 amide bonds. The molecule has 0 saturated carbocycles. The number of hydrogen-bond donors (Lipinski definition) is 1. The lowest BCUT2D eigenvalue weighted by Crippen LogP contribution is -2.47. The normalized spacial score (nSPS) is 21.7. The van der Waals surface area contributed by atoms with Gasteiger partial charge in [0.05, 0.1) is 11.7 Å². The van der Waals surface area contributed by atoms with Crippen molar-refractivity contribution in [3.63, 3.8) is 0 Å². The summed E-state index contributed by atoms with van der Waals surface area (Å²) >= 11 is 1.70. The molecule has 1 spiro atoms. The van der Waals surface area contributed by atoms with Gasteiger partial charge in [-0.25, -0.2) is 0 Å². The number of nitrogens with zero attached hydrogens (tertiary/aromatic N) is 1. The van der Waals surface area contributed by atoms with Crippen LogP contribution in [-0.2, 0) is 20.7 Å². The zero-order valence-electron chi connectivity index (χ0n) is 16.5. The van der Waals surface area contributed by atoms with Crippen LogP contribution in [0.1, 0.15) is 57.2 Å². The highest BCUT2D eigenvalue weighted by molar-refractivity contribution is 7.09. The van der Waals surface area contributed by atoms with E-state index >= 15 is 0 Å². The largest absolute Gasteiger partial charge is 0.370 e. The second kappa shape index (κ2) is 9.20. The van der Waals surface area contributed by atoms with Crippen LogP contribution in [0.3, 0.4) is 0 Å². The van der Waals surface area contributed by atoms with Crippen molar-refractivity contribution in [1.29, 1.82) is 0 Å². The van der Waals surface area contributed by atoms with E-state index in [2.05, 4.69) is 25.2 Å². The van der Waals surface area contributed by atoms with E-state index in [-0.39, 0.29) is 23.5 Å². The maximum atomic E-state index is 12.2. The average molecular weight is 393 g/mol. The second-order valence-corrected chi connectivity index (χ2v) is 9.36. The Morgan fingerprint density at radius 3 is 2.78 bits per heavy atom. The van der Waals surface area contributed by atoms with Crippen molar-refractivity contribution in [1.82, 2.24) is 10.2 Å². The first-order valence-corrected chi connectivity index (χ1v) is 11.1. The molecule has 1 atom stereocenters. The van der Waals surface area contributed by atoms with Crippen LogP contribution < -0.4 is 5.32 Å². The van der Waals surface area contributed by atoms with Crippen LogP contribution in [0.4, 0.5) is 0 Å². The molecule has 3 heterocycles. The van der Waals surface area contributed by atoms with Crippen LogP contribution in [0.5, 0.6) is 0 Å². The topological polar surface area (TPSA) is 58.6 Å². The minimum atomic E-state index is -0.0824. The number of amides is 2. The standard InChI is InChI=1S/C21H32N2O3S/c1-16(2)14-20(25)23-11-9-21(10-12-23)8-7-17(26-21)15-22-19(24)6-5-18-4-3-13-27-18/h3-4,13,16-17H,5-12,14-15H2,1-2H3,(H,22,24). The van der Waals surface area contributed by atoms with Gasteiger partial charge >= 0.3 is 0 Å². The summed E-state index contributed by atoms with van der Waals surface area (Å²) in [6, 6.07) is 4.09. The van der Waals surface area contributed by atoms with Crippen LogP contribution in [-0.4, -0.2) is 48.1 Å². The van der Waals surface area contributed by atoms with E-state index in [1.807, 2.05) is 16.3 Å². The summed E-state index contributed by atoms with van der Waals surface area (Å²) in [5.41, 5.74) is -0.0824. The number of piperidine rings is 1. The summed E-state index contributed by atoms with van der Waals surface area (Å²) in [7, 11) is 0. The van der Waals surface area contributed by atoms with E-state index in [0.29, 0.717) is 25.3 Å². The lowest BCUT2D eigenvalue weighted by Gasteiger charge is -2.39. The van der Waals surface area contributed by atoms with Crippen LogP contribution in [0.15, 0.2) is 17.5 Å². The molecule has 0 radical (unpaired) electrons. The van der Waals surface area contributed by atoms with Gasteiger partial charge in [-0.2, -0.15) is 0 Å². The molecule has 0 aliphatic carbocycles. The van der Waals surface area contributed by atoms with Crippen molar-refractivity contribution in [2.45, 2.75) is 70.5 Å². The van der Waals surface area contributed by atoms with Crippen molar-refractivity contribution >= 4 is 23.2 Å². The number of ether oxygens (including phenoxy) is 1. The molecular formula is C21H32N2O3S. The highest BCUT2D eigenvalue weighted by Crippen LogP contribution is 2.38. The van der Waals surface area contributed by atoms with Gasteiger partial charge in [-0.3, -0.25) is 9.59 Å². The minimum absolute atomic E-state index is 0.0824. The fourth-order valence-corrected chi connectivity index (χ4v) is 4.77. The van der Waals surface area contributed by atoms with E-state index in [9.17, 15) is 9.59 Å². The predicted octanol–water partition coefficient (Wildman–Crippen LogP) is 3.38. The van der Waals surface area contributed by atoms with Crippen LogP contribution in [0.25, 0.3) is 0 Å². The molecule has 2 aliphatic rings. The van der Waals surface area contributed by atoms with Gasteiger partial charge in [0.25, 0.3) is 0 Å². The Hall–Kier alpha value is -1.40. The molecule has 5 nitrogen and oxygen atoms in total. The summed E-state index contributed by atoms with van der Waals surface area (Å²) in [6.07, 6.45) is 5.94. The highest BCUT2D eigenvalue weighted by atomic mass is 32.1. The van der Waals surface area contributed by atoms with Gasteiger partial charge in [-0.15, -0.1) is 11.3 Å². The Bertz CT molecular complexity index is 621. The number of likely N-dealkylation sites (tertiary alicyclic amines) is 1. The fourth-order valence-electron chi connectivity index (χ4n) is 4.06. The van der Waals surface area contributed by atoms with Crippen molar-refractivity contribution in [3.05, 3.63) is 22.4 Å². The fraction of sp³-hybridized carbons (Fsp3) is 0.714. The molecule has 3 rings (SSSR count). The molecule has 1 unspecified atom stereocenters. The summed E-state index contributed by atoms with van der Waals surface area (Å²) in [5.74, 6) is 0.776. The first-order valence-electron chi connectivity index (χ1n) is 10.2. The number of rotatable bonds is 7. The summed E-state index contributed by atoms with van der Waals surface area (Å²) < 4.78 is 6.35. The number of carbonyl (C=O) groups excluding carboxylic acids is 2. The van der Waals surface area contributed by atoms with E-state index in [0.717, 1.165) is 45.2 Å². The van der Waals surface area contributed by atoms with Gasteiger partial charge in [0.1, 0.15) is 0 Å². The van der Waals surface area contributed by atoms with Gasteiger partial charge in [-0.05, 0) is 49.5 Å². The minimum Gasteiger partial charge on any atom is -0.370 e. The van der Waals surface area contributed by atoms with E-state index in [4.69, 9.17) is 4.74 Å². The zero-order chi connectivity index (χ0) is 19.3. The molecule has 0 bridgehead atoms. The van der Waals surface area contributed by atoms with Crippen molar-refractivity contribution < 1.29 is 14.3 Å². The molecule has 150 valence electrons. The van der Waals surface area contributed by atoms with Gasteiger partial charge in [0.15, 0.2) is 0 Å². The Kier molecular flexibility index (Phi) is 6.93. The number of carbonyl (C=O) groups is 2. The second-order valence-electron chi connectivity index (χ2n) is 8.32. The van der Waals surface area contributed by atoms with E-state index < -0.39 is 0 Å². The smallest absolute Gasteiger partial charge is 0.222 e. The molecule has 6 heteroatoms. The molecule has 1 aromatic heterocycles. The Balaban J connectivity index is 1.36. The number of thiophene rings is 1. The lowest BCUT2D eigenvalue weighted by atomic mass is 9.88. The van der Waals surface area contributed by atoms with Gasteiger partial charge in [-0.1, -0.05) is 19.9 Å². The molecule has 27 heavy (non-hydrogen) atoms. The maximum Gasteiger partial charge on any atom is 0.222 e. The van der Waals surface area contributed by atoms with Crippen LogP contribution in [0, 0.1) is 5.92 Å². The molecular weight excluding hydrogens is 360 g/mol. The molecule has 2 aliphatic heterocycles.